The summed E-state index contributed by atoms with van der Waals surface area (Å²) in [5.41, 5.74) is 0.484. The van der Waals surface area contributed by atoms with Crippen LogP contribution in [0.4, 0.5) is 0 Å². The molecule has 0 aliphatic carbocycles. The molecule has 1 heterocycles. The van der Waals surface area contributed by atoms with Crippen LogP contribution in [-0.2, 0) is 75.8 Å². The van der Waals surface area contributed by atoms with Crippen molar-refractivity contribution in [3.8, 4) is 0 Å². The molecule has 1 aliphatic rings. The van der Waals surface area contributed by atoms with Gasteiger partial charge in [0.25, 0.3) is 0 Å². The quantitative estimate of drug-likeness (QED) is 0.0531. The Morgan fingerprint density at radius 2 is 0.481 bits per heavy atom. The van der Waals surface area contributed by atoms with E-state index in [1.165, 1.54) is 122 Å². The third-order valence-corrected chi connectivity index (χ3v) is 15.3. The highest BCUT2D eigenvalue weighted by atomic mass is 16.6. The lowest BCUT2D eigenvalue weighted by Crippen LogP contribution is -2.31. The molecule has 16 heteroatoms. The Balaban J connectivity index is -0.000000143. The Kier molecular flexibility index (Phi) is 138. The van der Waals surface area contributed by atoms with Crippen LogP contribution < -0.4 is 0 Å². The van der Waals surface area contributed by atoms with Crippen LogP contribution in [-0.4, -0.2) is 210 Å². The first-order chi connectivity index (χ1) is 50.4. The smallest absolute Gasteiger partial charge is 0.0701 e. The molecule has 0 bridgehead atoms. The largest absolute Gasteiger partial charge is 0.381 e. The lowest BCUT2D eigenvalue weighted by atomic mass is 9.87. The molecule has 0 aromatic carbocycles. The lowest BCUT2D eigenvalue weighted by Gasteiger charge is -2.30. The van der Waals surface area contributed by atoms with E-state index in [4.69, 9.17) is 75.8 Å². The third-order valence-electron chi connectivity index (χ3n) is 15.3. The minimum absolute atomic E-state index is 0.173. The number of hydrogen-bond acceptors (Lipinski definition) is 16. The van der Waals surface area contributed by atoms with Crippen LogP contribution in [0.1, 0.15) is 353 Å². The maximum atomic E-state index is 6.15. The van der Waals surface area contributed by atoms with E-state index >= 15 is 0 Å². The zero-order valence-corrected chi connectivity index (χ0v) is 75.3. The molecule has 0 radical (unpaired) electrons. The minimum Gasteiger partial charge on any atom is -0.381 e. The molecule has 0 N–H and O–H groups in total. The molecule has 0 spiro atoms. The van der Waals surface area contributed by atoms with E-state index in [0.717, 1.165) is 149 Å². The zero-order chi connectivity index (χ0) is 80.1. The van der Waals surface area contributed by atoms with E-state index < -0.39 is 0 Å². The molecule has 0 aromatic rings. The summed E-state index contributed by atoms with van der Waals surface area (Å²) in [7, 11) is 0. The Bertz CT molecular complexity index is 1240. The van der Waals surface area contributed by atoms with E-state index in [9.17, 15) is 0 Å². The Labute approximate surface area is 652 Å². The Morgan fingerprint density at radius 3 is 0.615 bits per heavy atom. The minimum atomic E-state index is 0.173. The SMILES string of the molecule is CCC(C)C.CCCC.CCCC(C)CC.CCCC1(C)CCC(C(C)(C)C)O1.CCCCC.CCCCOCCC.CCCCOCCOCCC.CCCCOCCOCCOCCC.CCCCOCCOCCOCCOCCC.CCCCOCCOCCOCCOCCOCCC. The normalized spacial score (nSPS) is 13.7. The van der Waals surface area contributed by atoms with Crippen molar-refractivity contribution in [2.24, 2.45) is 17.3 Å². The standard InChI is InChI=1S/C15H32O5.C13H28O4.C12H24O.C11H24O3.C9H20O2.C7H16O.C7H16.2C5H12.C4H10/c1-3-5-7-17-9-11-19-13-15-20-14-12-18-10-8-16-6-4-2;1-3-5-7-15-9-11-17-13-12-16-10-8-14-6-4-2;1-6-8-12(5)9-7-10(13-12)11(2,3)4;1-3-5-7-13-9-11-14-10-8-12-6-4-2;1-3-5-7-11-9-8-10-6-4-2;1-3-5-7-8-6-4-2;1-4-6-7(3)5-2;1-4-5(2)3;1-3-5-4-2;1-3-4-2/h3-15H2,1-2H3;3-13H2,1-2H3;10H,6-9H2,1-5H3;3-11H2,1-2H3;3-9H2,1-2H3;3-7H2,1-2H3;7H,4-6H2,1-3H3;5H,4H2,1-3H3;3-5H2,1-2H3;3-4H2,1-2H3. The summed E-state index contributed by atoms with van der Waals surface area (Å²) >= 11 is 0. The highest BCUT2D eigenvalue weighted by molar-refractivity contribution is 4.89. The van der Waals surface area contributed by atoms with Gasteiger partial charge in [-0.15, -0.1) is 0 Å². The molecule has 3 atom stereocenters. The number of unbranched alkanes of at least 4 members (excludes halogenated alkanes) is 8. The van der Waals surface area contributed by atoms with Gasteiger partial charge in [-0.3, -0.25) is 0 Å². The van der Waals surface area contributed by atoms with E-state index in [-0.39, 0.29) is 5.60 Å². The van der Waals surface area contributed by atoms with Crippen LogP contribution >= 0.6 is 0 Å². The summed E-state index contributed by atoms with van der Waals surface area (Å²) in [6, 6.07) is 0. The predicted molar refractivity (Wildman–Crippen MR) is 450 cm³/mol. The Morgan fingerprint density at radius 1 is 0.269 bits per heavy atom. The van der Waals surface area contributed by atoms with Gasteiger partial charge in [0.1, 0.15) is 0 Å². The maximum Gasteiger partial charge on any atom is 0.0701 e. The molecule has 0 amide bonds. The second-order valence-electron chi connectivity index (χ2n) is 28.1. The second-order valence-corrected chi connectivity index (χ2v) is 28.1. The zero-order valence-electron chi connectivity index (χ0n) is 75.3. The first-order valence-electron chi connectivity index (χ1n) is 43.7. The van der Waals surface area contributed by atoms with Crippen molar-refractivity contribution in [3.05, 3.63) is 0 Å². The van der Waals surface area contributed by atoms with E-state index in [0.29, 0.717) is 130 Å². The lowest BCUT2D eigenvalue weighted by molar-refractivity contribution is -0.0744. The van der Waals surface area contributed by atoms with E-state index in [2.05, 4.69) is 173 Å². The van der Waals surface area contributed by atoms with Crippen molar-refractivity contribution in [1.82, 2.24) is 0 Å². The molecular weight excluding hydrogens is 1310 g/mol. The van der Waals surface area contributed by atoms with Gasteiger partial charge in [-0.05, 0) is 108 Å². The molecular formula is C88H194O16. The molecule has 1 aliphatic heterocycles. The summed E-state index contributed by atoms with van der Waals surface area (Å²) < 4.78 is 85.9. The van der Waals surface area contributed by atoms with Gasteiger partial charge in [0.15, 0.2) is 0 Å². The second kappa shape index (κ2) is 118. The molecule has 1 fully saturated rings. The number of ether oxygens (including phenoxy) is 16. The molecule has 1 saturated heterocycles. The van der Waals surface area contributed by atoms with Gasteiger partial charge in [-0.1, -0.05) is 262 Å². The van der Waals surface area contributed by atoms with Gasteiger partial charge in [0.2, 0.25) is 0 Å². The molecule has 16 nitrogen and oxygen atoms in total. The van der Waals surface area contributed by atoms with E-state index in [1.807, 2.05) is 0 Å². The van der Waals surface area contributed by atoms with Gasteiger partial charge in [0, 0.05) is 66.1 Å². The van der Waals surface area contributed by atoms with Crippen molar-refractivity contribution in [2.75, 3.05) is 198 Å². The number of hydrogen-bond donors (Lipinski definition) is 0. The fourth-order valence-corrected chi connectivity index (χ4v) is 7.93. The topological polar surface area (TPSA) is 148 Å². The number of rotatable bonds is 64. The summed E-state index contributed by atoms with van der Waals surface area (Å²) in [6.07, 6.45) is 34.6. The van der Waals surface area contributed by atoms with Crippen LogP contribution in [0.25, 0.3) is 0 Å². The third kappa shape index (κ3) is 140. The van der Waals surface area contributed by atoms with Crippen LogP contribution in [0.5, 0.6) is 0 Å². The summed E-state index contributed by atoms with van der Waals surface area (Å²) in [5.74, 6) is 1.83. The van der Waals surface area contributed by atoms with Crippen molar-refractivity contribution in [3.63, 3.8) is 0 Å². The molecule has 104 heavy (non-hydrogen) atoms. The van der Waals surface area contributed by atoms with Crippen molar-refractivity contribution < 1.29 is 75.8 Å². The van der Waals surface area contributed by atoms with E-state index in [1.54, 1.807) is 0 Å². The van der Waals surface area contributed by atoms with Crippen molar-refractivity contribution in [1.29, 1.82) is 0 Å². The average Bonchev–Trinajstić information content (AvgIpc) is 1.68. The monoisotopic (exact) mass is 1510 g/mol. The fraction of sp³-hybridized carbons (Fsp3) is 1.00. The van der Waals surface area contributed by atoms with Gasteiger partial charge in [-0.2, -0.15) is 0 Å². The first-order valence-corrected chi connectivity index (χ1v) is 43.7. The summed E-state index contributed by atoms with van der Waals surface area (Å²) in [5, 5.41) is 0. The summed E-state index contributed by atoms with van der Waals surface area (Å²) in [4.78, 5) is 0. The molecule has 3 unspecified atom stereocenters. The van der Waals surface area contributed by atoms with Gasteiger partial charge in [0.05, 0.1) is 144 Å². The molecule has 0 saturated carbocycles. The van der Waals surface area contributed by atoms with Gasteiger partial charge in [-0.25, -0.2) is 0 Å². The highest BCUT2D eigenvalue weighted by Gasteiger charge is 2.40. The Hall–Kier alpha value is -0.640. The maximum absolute atomic E-state index is 6.15. The molecule has 642 valence electrons. The predicted octanol–water partition coefficient (Wildman–Crippen LogP) is 23.9. The first kappa shape index (κ1) is 122. The fourth-order valence-electron chi connectivity index (χ4n) is 7.93. The van der Waals surface area contributed by atoms with Crippen LogP contribution in [0.2, 0.25) is 0 Å². The van der Waals surface area contributed by atoms with Crippen LogP contribution in [0, 0.1) is 17.3 Å². The van der Waals surface area contributed by atoms with Gasteiger partial charge >= 0.3 is 0 Å². The van der Waals surface area contributed by atoms with Crippen LogP contribution in [0.15, 0.2) is 0 Å². The molecule has 0 aromatic heterocycles. The van der Waals surface area contributed by atoms with Crippen LogP contribution in [0.3, 0.4) is 0 Å². The van der Waals surface area contributed by atoms with Gasteiger partial charge < -0.3 is 75.8 Å². The van der Waals surface area contributed by atoms with Crippen molar-refractivity contribution in [2.45, 2.75) is 365 Å². The summed E-state index contributed by atoms with van der Waals surface area (Å²) in [6.45, 7) is 76.7. The average molecular weight is 1510 g/mol. The molecule has 1 rings (SSSR count). The van der Waals surface area contributed by atoms with Crippen molar-refractivity contribution >= 4 is 0 Å². The highest BCUT2D eigenvalue weighted by Crippen LogP contribution is 2.40.